The largest absolute Gasteiger partial charge is 0.332 e. The number of nitrogens with zero attached hydrogens (tertiary/aromatic N) is 4. The van der Waals surface area contributed by atoms with E-state index in [1.54, 1.807) is 31.3 Å². The number of aryl methyl sites for hydroxylation is 3. The van der Waals surface area contributed by atoms with Crippen molar-refractivity contribution in [1.82, 2.24) is 19.4 Å². The molecule has 2 aromatic heterocycles. The summed E-state index contributed by atoms with van der Waals surface area (Å²) in [6.45, 7) is 2.56. The number of hydrogen-bond donors (Lipinski definition) is 1. The highest BCUT2D eigenvalue weighted by Gasteiger charge is 2.24. The molecule has 0 unspecified atom stereocenters. The van der Waals surface area contributed by atoms with Gasteiger partial charge >= 0.3 is 0 Å². The van der Waals surface area contributed by atoms with Crippen molar-refractivity contribution in [2.45, 2.75) is 39.2 Å². The van der Waals surface area contributed by atoms with Crippen LogP contribution in [0.4, 0.5) is 5.69 Å². The Labute approximate surface area is 190 Å². The minimum absolute atomic E-state index is 0.156. The fourth-order valence-corrected chi connectivity index (χ4v) is 4.36. The first-order valence-electron chi connectivity index (χ1n) is 10.2. The van der Waals surface area contributed by atoms with E-state index in [0.29, 0.717) is 26.8 Å². The van der Waals surface area contributed by atoms with Gasteiger partial charge in [0.15, 0.2) is 5.65 Å². The summed E-state index contributed by atoms with van der Waals surface area (Å²) >= 11 is 12.2. The molecule has 1 aliphatic rings. The van der Waals surface area contributed by atoms with Crippen LogP contribution in [0.3, 0.4) is 0 Å². The maximum absolute atomic E-state index is 13.2. The van der Waals surface area contributed by atoms with Gasteiger partial charge in [0.25, 0.3) is 5.91 Å². The fraction of sp³-hybridized carbons (Fsp3) is 0.364. The number of rotatable bonds is 4. The number of benzene rings is 1. The van der Waals surface area contributed by atoms with Gasteiger partial charge in [0.05, 0.1) is 27.8 Å². The Bertz CT molecular complexity index is 1150. The van der Waals surface area contributed by atoms with Crippen molar-refractivity contribution in [3.63, 3.8) is 0 Å². The van der Waals surface area contributed by atoms with Gasteiger partial charge in [-0.25, -0.2) is 9.97 Å². The Hall–Kier alpha value is -2.64. The molecule has 1 N–H and O–H groups in total. The molecule has 1 aliphatic heterocycles. The van der Waals surface area contributed by atoms with E-state index >= 15 is 0 Å². The van der Waals surface area contributed by atoms with Crippen LogP contribution in [0.15, 0.2) is 24.3 Å². The Morgan fingerprint density at radius 2 is 1.90 bits per heavy atom. The molecule has 3 aromatic rings. The highest BCUT2D eigenvalue weighted by atomic mass is 35.5. The molecule has 7 nitrogen and oxygen atoms in total. The molecule has 3 heterocycles. The molecule has 2 amide bonds. The lowest BCUT2D eigenvalue weighted by atomic mass is 10.1. The van der Waals surface area contributed by atoms with Gasteiger partial charge < -0.3 is 14.8 Å². The van der Waals surface area contributed by atoms with E-state index in [1.807, 2.05) is 6.92 Å². The number of halogens is 2. The van der Waals surface area contributed by atoms with Crippen molar-refractivity contribution in [2.24, 2.45) is 0 Å². The van der Waals surface area contributed by atoms with Crippen molar-refractivity contribution in [3.05, 3.63) is 51.4 Å². The van der Waals surface area contributed by atoms with E-state index in [0.717, 1.165) is 49.4 Å². The van der Waals surface area contributed by atoms with Crippen LogP contribution in [0.1, 0.15) is 41.1 Å². The third kappa shape index (κ3) is 4.38. The summed E-state index contributed by atoms with van der Waals surface area (Å²) in [7, 11) is 1.58. The van der Waals surface area contributed by atoms with E-state index in [9.17, 15) is 9.59 Å². The second-order valence-corrected chi connectivity index (χ2v) is 8.59. The fourth-order valence-electron chi connectivity index (χ4n) is 3.87. The zero-order valence-corrected chi connectivity index (χ0v) is 18.9. The van der Waals surface area contributed by atoms with Crippen LogP contribution < -0.4 is 5.32 Å². The number of carbonyl (C=O) groups excluding carboxylic acids is 2. The third-order valence-corrected chi connectivity index (χ3v) is 6.01. The van der Waals surface area contributed by atoms with Gasteiger partial charge in [-0.1, -0.05) is 35.7 Å². The smallest absolute Gasteiger partial charge is 0.256 e. The van der Waals surface area contributed by atoms with Gasteiger partial charge in [-0.3, -0.25) is 9.59 Å². The summed E-state index contributed by atoms with van der Waals surface area (Å²) in [5, 5.41) is 3.35. The van der Waals surface area contributed by atoms with Crippen LogP contribution in [-0.4, -0.2) is 44.8 Å². The monoisotopic (exact) mass is 459 g/mol. The molecule has 0 radical (unpaired) electrons. The number of pyridine rings is 1. The lowest BCUT2D eigenvalue weighted by Crippen LogP contribution is -2.35. The molecular formula is C22H23Cl2N5O2. The van der Waals surface area contributed by atoms with Crippen LogP contribution in [-0.2, 0) is 17.8 Å². The molecule has 9 heteroatoms. The Kier molecular flexibility index (Phi) is 6.16. The molecule has 0 saturated carbocycles. The standard InChI is InChI=1S/C22H23Cl2N5O2/c1-13-11-14(19-21(25-13)29-10-5-3-4-9-17(29)26-19)22(31)28(2)12-18(30)27-20-15(23)7-6-8-16(20)24/h6-8,11H,3-5,9-10,12H2,1-2H3,(H,27,30). The van der Waals surface area contributed by atoms with Crippen LogP contribution >= 0.6 is 23.2 Å². The molecule has 0 bridgehead atoms. The molecular weight excluding hydrogens is 437 g/mol. The van der Waals surface area contributed by atoms with Crippen molar-refractivity contribution >= 4 is 51.9 Å². The molecule has 0 fully saturated rings. The third-order valence-electron chi connectivity index (χ3n) is 5.38. The topological polar surface area (TPSA) is 80.1 Å². The summed E-state index contributed by atoms with van der Waals surface area (Å²) in [5.41, 5.74) is 2.85. The summed E-state index contributed by atoms with van der Waals surface area (Å²) in [4.78, 5) is 36.5. The van der Waals surface area contributed by atoms with Crippen LogP contribution in [0.25, 0.3) is 11.2 Å². The van der Waals surface area contributed by atoms with Gasteiger partial charge in [0.1, 0.15) is 11.3 Å². The summed E-state index contributed by atoms with van der Waals surface area (Å²) in [6, 6.07) is 6.70. The van der Waals surface area contributed by atoms with Crippen LogP contribution in [0.5, 0.6) is 0 Å². The van der Waals surface area contributed by atoms with Crippen molar-refractivity contribution in [3.8, 4) is 0 Å². The maximum Gasteiger partial charge on any atom is 0.256 e. The zero-order valence-electron chi connectivity index (χ0n) is 17.4. The van der Waals surface area contributed by atoms with Gasteiger partial charge in [-0.15, -0.1) is 0 Å². The second kappa shape index (κ2) is 8.85. The number of amides is 2. The number of likely N-dealkylation sites (N-methyl/N-ethyl adjacent to an activating group) is 1. The lowest BCUT2D eigenvalue weighted by molar-refractivity contribution is -0.116. The molecule has 0 aliphatic carbocycles. The lowest BCUT2D eigenvalue weighted by Gasteiger charge is -2.18. The van der Waals surface area contributed by atoms with Crippen LogP contribution in [0, 0.1) is 6.92 Å². The predicted octanol–water partition coefficient (Wildman–Crippen LogP) is 4.48. The molecule has 4 rings (SSSR count). The Morgan fingerprint density at radius 1 is 1.16 bits per heavy atom. The van der Waals surface area contributed by atoms with Crippen molar-refractivity contribution < 1.29 is 9.59 Å². The number of aromatic nitrogens is 3. The molecule has 0 atom stereocenters. The molecule has 31 heavy (non-hydrogen) atoms. The highest BCUT2D eigenvalue weighted by molar-refractivity contribution is 6.39. The van der Waals surface area contributed by atoms with Gasteiger partial charge in [-0.2, -0.15) is 0 Å². The number of fused-ring (bicyclic) bond motifs is 3. The van der Waals surface area contributed by atoms with E-state index in [1.165, 1.54) is 4.90 Å². The second-order valence-electron chi connectivity index (χ2n) is 7.78. The zero-order chi connectivity index (χ0) is 22.1. The van der Waals surface area contributed by atoms with E-state index in [4.69, 9.17) is 28.2 Å². The highest BCUT2D eigenvalue weighted by Crippen LogP contribution is 2.30. The Morgan fingerprint density at radius 3 is 2.65 bits per heavy atom. The first-order valence-corrected chi connectivity index (χ1v) is 11.0. The van der Waals surface area contributed by atoms with Crippen molar-refractivity contribution in [2.75, 3.05) is 18.9 Å². The minimum atomic E-state index is -0.395. The predicted molar refractivity (Wildman–Crippen MR) is 122 cm³/mol. The van der Waals surface area contributed by atoms with E-state index in [-0.39, 0.29) is 12.5 Å². The SMILES string of the molecule is Cc1cc(C(=O)N(C)CC(=O)Nc2c(Cl)cccc2Cl)c2nc3n(c2n1)CCCCC3. The minimum Gasteiger partial charge on any atom is -0.332 e. The molecule has 162 valence electrons. The molecule has 0 saturated heterocycles. The maximum atomic E-state index is 13.2. The van der Waals surface area contributed by atoms with E-state index in [2.05, 4.69) is 14.9 Å². The number of nitrogens with one attached hydrogen (secondary N) is 1. The normalized spacial score (nSPS) is 13.5. The quantitative estimate of drug-likeness (QED) is 0.623. The Balaban J connectivity index is 1.58. The number of anilines is 1. The van der Waals surface area contributed by atoms with Crippen LogP contribution in [0.2, 0.25) is 10.0 Å². The summed E-state index contributed by atoms with van der Waals surface area (Å²) in [5.74, 6) is 0.283. The number of imidazole rings is 1. The first-order chi connectivity index (χ1) is 14.8. The summed E-state index contributed by atoms with van der Waals surface area (Å²) in [6.07, 6.45) is 4.19. The first kappa shape index (κ1) is 21.6. The van der Waals surface area contributed by atoms with Crippen molar-refractivity contribution in [1.29, 1.82) is 0 Å². The van der Waals surface area contributed by atoms with Gasteiger partial charge in [0, 0.05) is 25.7 Å². The summed E-state index contributed by atoms with van der Waals surface area (Å²) < 4.78 is 2.12. The molecule has 1 aromatic carbocycles. The number of hydrogen-bond acceptors (Lipinski definition) is 4. The molecule has 0 spiro atoms. The average Bonchev–Trinajstić information content (AvgIpc) is 2.91. The van der Waals surface area contributed by atoms with E-state index < -0.39 is 5.91 Å². The van der Waals surface area contributed by atoms with Gasteiger partial charge in [0.2, 0.25) is 5.91 Å². The number of carbonyl (C=O) groups is 2. The average molecular weight is 460 g/mol. The van der Waals surface area contributed by atoms with Gasteiger partial charge in [-0.05, 0) is 38.0 Å². The number of para-hydroxylation sites is 1.